The summed E-state index contributed by atoms with van der Waals surface area (Å²) in [6.45, 7) is 1.74. The molecule has 0 bridgehead atoms. The van der Waals surface area contributed by atoms with Gasteiger partial charge < -0.3 is 10.5 Å². The summed E-state index contributed by atoms with van der Waals surface area (Å²) in [6, 6.07) is 7.20. The molecule has 0 fully saturated rings. The van der Waals surface area contributed by atoms with Crippen molar-refractivity contribution in [2.45, 2.75) is 6.92 Å². The minimum Gasteiger partial charge on any atom is -0.497 e. The predicted molar refractivity (Wildman–Crippen MR) is 96.4 cm³/mol. The molecule has 1 aromatic carbocycles. The molecule has 0 atom stereocenters. The number of ether oxygens (including phenoxy) is 1. The second-order valence-corrected chi connectivity index (χ2v) is 5.77. The standard InChI is InChI=1S/C15H13Cl3N4O2/c1-7(8-3-5-9(24-2)6-4-8)21-22-15(23)13-10(16)12(19)11(17)14(18)20-13/h3-6H,1-2H3,(H2,19,20)(H,22,23). The number of amides is 1. The first kappa shape index (κ1) is 18.3. The van der Waals surface area contributed by atoms with Crippen LogP contribution >= 0.6 is 34.8 Å². The number of benzene rings is 1. The predicted octanol–water partition coefficient (Wildman–Crippen LogP) is 3.79. The van der Waals surface area contributed by atoms with Gasteiger partial charge >= 0.3 is 0 Å². The average Bonchev–Trinajstić information content (AvgIpc) is 2.60. The Morgan fingerprint density at radius 3 is 2.42 bits per heavy atom. The molecule has 0 aliphatic carbocycles. The molecule has 1 heterocycles. The number of aromatic nitrogens is 1. The van der Waals surface area contributed by atoms with E-state index in [1.54, 1.807) is 26.2 Å². The van der Waals surface area contributed by atoms with Gasteiger partial charge in [0.1, 0.15) is 10.8 Å². The number of anilines is 1. The van der Waals surface area contributed by atoms with Crippen LogP contribution in [0.25, 0.3) is 0 Å². The highest BCUT2D eigenvalue weighted by Gasteiger charge is 2.19. The first-order valence-corrected chi connectivity index (χ1v) is 7.77. The van der Waals surface area contributed by atoms with Crippen LogP contribution in [0.15, 0.2) is 29.4 Å². The summed E-state index contributed by atoms with van der Waals surface area (Å²) in [5.74, 6) is 0.0657. The third kappa shape index (κ3) is 3.90. The summed E-state index contributed by atoms with van der Waals surface area (Å²) >= 11 is 17.6. The maximum absolute atomic E-state index is 12.2. The van der Waals surface area contributed by atoms with Gasteiger partial charge in [-0.15, -0.1) is 0 Å². The number of methoxy groups -OCH3 is 1. The van der Waals surface area contributed by atoms with Crippen molar-refractivity contribution in [3.63, 3.8) is 0 Å². The quantitative estimate of drug-likeness (QED) is 0.474. The van der Waals surface area contributed by atoms with E-state index in [1.165, 1.54) is 0 Å². The van der Waals surface area contributed by atoms with Gasteiger partial charge in [0.15, 0.2) is 10.8 Å². The SMILES string of the molecule is COc1ccc(C(C)=NNC(=O)c2nc(Cl)c(Cl)c(N)c2Cl)cc1. The third-order valence-electron chi connectivity index (χ3n) is 3.12. The van der Waals surface area contributed by atoms with Crippen molar-refractivity contribution in [1.82, 2.24) is 10.4 Å². The molecular formula is C15H13Cl3N4O2. The molecule has 1 amide bonds. The van der Waals surface area contributed by atoms with Crippen molar-refractivity contribution in [2.75, 3.05) is 12.8 Å². The molecule has 0 saturated heterocycles. The van der Waals surface area contributed by atoms with E-state index in [4.69, 9.17) is 45.3 Å². The first-order valence-electron chi connectivity index (χ1n) is 6.64. The van der Waals surface area contributed by atoms with E-state index in [0.717, 1.165) is 11.3 Å². The molecule has 0 saturated carbocycles. The third-order valence-corrected chi connectivity index (χ3v) is 4.26. The topological polar surface area (TPSA) is 89.6 Å². The normalized spacial score (nSPS) is 11.3. The summed E-state index contributed by atoms with van der Waals surface area (Å²) < 4.78 is 5.08. The van der Waals surface area contributed by atoms with Crippen LogP contribution < -0.4 is 15.9 Å². The van der Waals surface area contributed by atoms with Crippen LogP contribution in [0.4, 0.5) is 5.69 Å². The maximum Gasteiger partial charge on any atom is 0.291 e. The van der Waals surface area contributed by atoms with E-state index in [-0.39, 0.29) is 26.6 Å². The number of carbonyl (C=O) groups excluding carboxylic acids is 1. The van der Waals surface area contributed by atoms with Crippen LogP contribution in [0.3, 0.4) is 0 Å². The Hall–Kier alpha value is -2.02. The van der Waals surface area contributed by atoms with Gasteiger partial charge in [-0.3, -0.25) is 4.79 Å². The van der Waals surface area contributed by atoms with Crippen molar-refractivity contribution in [2.24, 2.45) is 5.10 Å². The van der Waals surface area contributed by atoms with Crippen molar-refractivity contribution < 1.29 is 9.53 Å². The summed E-state index contributed by atoms with van der Waals surface area (Å²) in [4.78, 5) is 16.0. The fraction of sp³-hybridized carbons (Fsp3) is 0.133. The van der Waals surface area contributed by atoms with Crippen molar-refractivity contribution in [1.29, 1.82) is 0 Å². The molecule has 0 aliphatic heterocycles. The number of hydrogen-bond donors (Lipinski definition) is 2. The van der Waals surface area contributed by atoms with Gasteiger partial charge in [0.25, 0.3) is 5.91 Å². The van der Waals surface area contributed by atoms with Crippen LogP contribution in [0, 0.1) is 0 Å². The lowest BCUT2D eigenvalue weighted by atomic mass is 10.1. The Balaban J connectivity index is 2.20. The lowest BCUT2D eigenvalue weighted by Gasteiger charge is -2.08. The van der Waals surface area contributed by atoms with Crippen molar-refractivity contribution in [3.8, 4) is 5.75 Å². The molecule has 3 N–H and O–H groups in total. The second-order valence-electron chi connectivity index (χ2n) is 4.66. The molecule has 0 unspecified atom stereocenters. The number of nitrogens with one attached hydrogen (secondary N) is 1. The Morgan fingerprint density at radius 1 is 1.21 bits per heavy atom. The summed E-state index contributed by atoms with van der Waals surface area (Å²) in [6.07, 6.45) is 0. The van der Waals surface area contributed by atoms with E-state index in [1.807, 2.05) is 12.1 Å². The number of rotatable bonds is 4. The zero-order valence-electron chi connectivity index (χ0n) is 12.7. The first-order chi connectivity index (χ1) is 11.3. The summed E-state index contributed by atoms with van der Waals surface area (Å²) in [7, 11) is 1.58. The van der Waals surface area contributed by atoms with Crippen LogP contribution in [-0.2, 0) is 0 Å². The molecule has 2 aromatic rings. The number of hydrazone groups is 1. The monoisotopic (exact) mass is 386 g/mol. The Kier molecular flexibility index (Phi) is 5.88. The number of nitrogen functional groups attached to an aromatic ring is 1. The molecule has 24 heavy (non-hydrogen) atoms. The summed E-state index contributed by atoms with van der Waals surface area (Å²) in [5.41, 5.74) is 9.25. The van der Waals surface area contributed by atoms with Crippen molar-refractivity contribution in [3.05, 3.63) is 50.7 Å². The number of halogens is 3. The van der Waals surface area contributed by atoms with Gasteiger partial charge in [-0.25, -0.2) is 10.4 Å². The minimum atomic E-state index is -0.655. The maximum atomic E-state index is 12.2. The van der Waals surface area contributed by atoms with Crippen LogP contribution in [0.2, 0.25) is 15.2 Å². The largest absolute Gasteiger partial charge is 0.497 e. The Bertz CT molecular complexity index is 807. The number of pyridine rings is 1. The number of hydrogen-bond acceptors (Lipinski definition) is 5. The average molecular weight is 388 g/mol. The highest BCUT2D eigenvalue weighted by atomic mass is 35.5. The highest BCUT2D eigenvalue weighted by Crippen LogP contribution is 2.34. The van der Waals surface area contributed by atoms with Crippen LogP contribution in [0.5, 0.6) is 5.75 Å². The lowest BCUT2D eigenvalue weighted by Crippen LogP contribution is -2.21. The zero-order chi connectivity index (χ0) is 17.9. The fourth-order valence-corrected chi connectivity index (χ4v) is 2.36. The van der Waals surface area contributed by atoms with Gasteiger partial charge in [0.05, 0.1) is 23.5 Å². The number of carbonyl (C=O) groups is 1. The fourth-order valence-electron chi connectivity index (χ4n) is 1.77. The molecular weight excluding hydrogens is 375 g/mol. The molecule has 2 rings (SSSR count). The molecule has 6 nitrogen and oxygen atoms in total. The van der Waals surface area contributed by atoms with E-state index in [2.05, 4.69) is 15.5 Å². The van der Waals surface area contributed by atoms with Gasteiger partial charge in [-0.1, -0.05) is 34.8 Å². The second kappa shape index (κ2) is 7.70. The van der Waals surface area contributed by atoms with Crippen LogP contribution in [0.1, 0.15) is 23.0 Å². The molecule has 0 radical (unpaired) electrons. The number of nitrogens with two attached hydrogens (primary N) is 1. The summed E-state index contributed by atoms with van der Waals surface area (Å²) in [5, 5.41) is 3.81. The van der Waals surface area contributed by atoms with E-state index >= 15 is 0 Å². The van der Waals surface area contributed by atoms with Crippen LogP contribution in [-0.4, -0.2) is 23.7 Å². The molecule has 0 aliphatic rings. The highest BCUT2D eigenvalue weighted by molar-refractivity contribution is 6.46. The van der Waals surface area contributed by atoms with E-state index in [9.17, 15) is 4.79 Å². The van der Waals surface area contributed by atoms with E-state index in [0.29, 0.717) is 5.71 Å². The minimum absolute atomic E-state index is 0.00358. The zero-order valence-corrected chi connectivity index (χ0v) is 15.0. The van der Waals surface area contributed by atoms with Gasteiger partial charge in [-0.2, -0.15) is 5.10 Å². The van der Waals surface area contributed by atoms with E-state index < -0.39 is 5.91 Å². The lowest BCUT2D eigenvalue weighted by molar-refractivity contribution is 0.0950. The van der Waals surface area contributed by atoms with Gasteiger partial charge in [0, 0.05) is 0 Å². The van der Waals surface area contributed by atoms with Gasteiger partial charge in [-0.05, 0) is 36.8 Å². The molecule has 1 aromatic heterocycles. The Morgan fingerprint density at radius 2 is 1.83 bits per heavy atom. The molecule has 126 valence electrons. The number of nitrogens with zero attached hydrogens (tertiary/aromatic N) is 2. The van der Waals surface area contributed by atoms with Crippen molar-refractivity contribution >= 4 is 52.1 Å². The molecule has 0 spiro atoms. The molecule has 9 heteroatoms. The Labute approximate surface area is 153 Å². The van der Waals surface area contributed by atoms with Gasteiger partial charge in [0.2, 0.25) is 0 Å². The smallest absolute Gasteiger partial charge is 0.291 e.